The fraction of sp³-hybridized carbons (Fsp3) is 1.00. The first-order valence-corrected chi connectivity index (χ1v) is 7.57. The van der Waals surface area contributed by atoms with E-state index in [1.807, 2.05) is 0 Å². The molecular formula is C13H27NS. The van der Waals surface area contributed by atoms with Gasteiger partial charge in [0.1, 0.15) is 0 Å². The molecule has 0 aromatic heterocycles. The van der Waals surface area contributed by atoms with E-state index in [1.54, 1.807) is 0 Å². The fourth-order valence-electron chi connectivity index (χ4n) is 2.16. The summed E-state index contributed by atoms with van der Waals surface area (Å²) in [6.07, 6.45) is 8.54. The van der Waals surface area contributed by atoms with Crippen LogP contribution in [-0.4, -0.2) is 23.1 Å². The lowest BCUT2D eigenvalue weighted by molar-refractivity contribution is 0.506. The second-order valence-corrected chi connectivity index (χ2v) is 6.53. The van der Waals surface area contributed by atoms with E-state index >= 15 is 0 Å². The topological polar surface area (TPSA) is 12.0 Å². The van der Waals surface area contributed by atoms with Crippen molar-refractivity contribution in [2.24, 2.45) is 0 Å². The van der Waals surface area contributed by atoms with Gasteiger partial charge in [0, 0.05) is 16.5 Å². The monoisotopic (exact) mass is 229 g/mol. The molecule has 2 atom stereocenters. The van der Waals surface area contributed by atoms with Crippen molar-refractivity contribution in [2.75, 3.05) is 6.54 Å². The third-order valence-corrected chi connectivity index (χ3v) is 5.07. The van der Waals surface area contributed by atoms with Crippen molar-refractivity contribution in [3.05, 3.63) is 0 Å². The lowest BCUT2D eigenvalue weighted by Gasteiger charge is -2.28. The largest absolute Gasteiger partial charge is 0.313 e. The van der Waals surface area contributed by atoms with Crippen LogP contribution in [-0.2, 0) is 0 Å². The minimum absolute atomic E-state index is 0.664. The van der Waals surface area contributed by atoms with Gasteiger partial charge < -0.3 is 5.32 Å². The van der Waals surface area contributed by atoms with Gasteiger partial charge in [-0.15, -0.1) is 0 Å². The third-order valence-electron chi connectivity index (χ3n) is 3.38. The molecule has 1 rings (SSSR count). The first-order chi connectivity index (χ1) is 7.24. The summed E-state index contributed by atoms with van der Waals surface area (Å²) in [5, 5.41) is 5.31. The molecule has 2 heteroatoms. The van der Waals surface area contributed by atoms with Crippen molar-refractivity contribution in [3.63, 3.8) is 0 Å². The normalized spacial score (nSPS) is 22.6. The summed E-state index contributed by atoms with van der Waals surface area (Å²) in [5.74, 6) is 0. The Kier molecular flexibility index (Phi) is 6.74. The first kappa shape index (κ1) is 13.4. The van der Waals surface area contributed by atoms with Gasteiger partial charge in [-0.25, -0.2) is 0 Å². The van der Waals surface area contributed by atoms with Crippen molar-refractivity contribution in [2.45, 2.75) is 75.8 Å². The highest BCUT2D eigenvalue weighted by atomic mass is 32.2. The minimum Gasteiger partial charge on any atom is -0.313 e. The summed E-state index contributed by atoms with van der Waals surface area (Å²) in [4.78, 5) is 0. The average molecular weight is 229 g/mol. The fourth-order valence-corrected chi connectivity index (χ4v) is 3.71. The van der Waals surface area contributed by atoms with E-state index in [9.17, 15) is 0 Å². The third kappa shape index (κ3) is 5.26. The molecule has 1 nitrogen and oxygen atoms in total. The number of hydrogen-bond donors (Lipinski definition) is 1. The van der Waals surface area contributed by atoms with E-state index in [4.69, 9.17) is 0 Å². The van der Waals surface area contributed by atoms with Crippen LogP contribution in [0.15, 0.2) is 0 Å². The summed E-state index contributed by atoms with van der Waals surface area (Å²) < 4.78 is 0. The van der Waals surface area contributed by atoms with E-state index in [0.29, 0.717) is 6.04 Å². The van der Waals surface area contributed by atoms with Gasteiger partial charge in [-0.3, -0.25) is 0 Å². The summed E-state index contributed by atoms with van der Waals surface area (Å²) in [5.41, 5.74) is 0. The number of nitrogens with one attached hydrogen (secondary N) is 1. The summed E-state index contributed by atoms with van der Waals surface area (Å²) >= 11 is 2.22. The zero-order valence-corrected chi connectivity index (χ0v) is 11.4. The van der Waals surface area contributed by atoms with Gasteiger partial charge in [-0.05, 0) is 32.7 Å². The molecular weight excluding hydrogens is 202 g/mol. The van der Waals surface area contributed by atoms with Crippen LogP contribution in [0.3, 0.4) is 0 Å². The van der Waals surface area contributed by atoms with Crippen molar-refractivity contribution in [3.8, 4) is 0 Å². The molecule has 2 unspecified atom stereocenters. The van der Waals surface area contributed by atoms with E-state index in [-0.39, 0.29) is 0 Å². The highest BCUT2D eigenvalue weighted by Gasteiger charge is 2.19. The van der Waals surface area contributed by atoms with E-state index in [1.165, 1.54) is 38.5 Å². The van der Waals surface area contributed by atoms with Gasteiger partial charge in [-0.2, -0.15) is 11.8 Å². The molecule has 1 saturated carbocycles. The van der Waals surface area contributed by atoms with Gasteiger partial charge in [0.15, 0.2) is 0 Å². The van der Waals surface area contributed by atoms with Crippen LogP contribution >= 0.6 is 11.8 Å². The Morgan fingerprint density at radius 2 is 1.87 bits per heavy atom. The van der Waals surface area contributed by atoms with Crippen LogP contribution in [0.4, 0.5) is 0 Å². The molecule has 0 aromatic rings. The zero-order valence-electron chi connectivity index (χ0n) is 10.6. The van der Waals surface area contributed by atoms with Crippen molar-refractivity contribution < 1.29 is 0 Å². The smallest absolute Gasteiger partial charge is 0.0172 e. The maximum absolute atomic E-state index is 3.60. The quantitative estimate of drug-likeness (QED) is 0.743. The minimum atomic E-state index is 0.664. The summed E-state index contributed by atoms with van der Waals surface area (Å²) in [6.45, 7) is 8.11. The SMILES string of the molecule is CCCNC(C)C(C)SC1CCCCC1. The van der Waals surface area contributed by atoms with Crippen molar-refractivity contribution in [1.29, 1.82) is 0 Å². The van der Waals surface area contributed by atoms with Crippen LogP contribution in [0, 0.1) is 0 Å². The molecule has 1 fully saturated rings. The Labute approximate surface area is 99.8 Å². The van der Waals surface area contributed by atoms with Gasteiger partial charge in [0.2, 0.25) is 0 Å². The summed E-state index contributed by atoms with van der Waals surface area (Å²) in [6, 6.07) is 0.664. The molecule has 0 aliphatic heterocycles. The van der Waals surface area contributed by atoms with Gasteiger partial charge in [0.25, 0.3) is 0 Å². The molecule has 0 heterocycles. The molecule has 1 aliphatic rings. The van der Waals surface area contributed by atoms with Crippen molar-refractivity contribution in [1.82, 2.24) is 5.32 Å². The molecule has 1 N–H and O–H groups in total. The van der Waals surface area contributed by atoms with Crippen LogP contribution < -0.4 is 5.32 Å². The zero-order chi connectivity index (χ0) is 11.1. The molecule has 0 spiro atoms. The molecule has 0 saturated heterocycles. The molecule has 0 radical (unpaired) electrons. The van der Waals surface area contributed by atoms with Gasteiger partial charge >= 0.3 is 0 Å². The number of rotatable bonds is 6. The van der Waals surface area contributed by atoms with Gasteiger partial charge in [0.05, 0.1) is 0 Å². The Balaban J connectivity index is 2.17. The maximum atomic E-state index is 3.60. The Morgan fingerprint density at radius 1 is 1.20 bits per heavy atom. The second-order valence-electron chi connectivity index (χ2n) is 4.84. The Hall–Kier alpha value is 0.310. The molecule has 90 valence electrons. The second kappa shape index (κ2) is 7.56. The molecule has 1 aliphatic carbocycles. The highest BCUT2D eigenvalue weighted by molar-refractivity contribution is 8.00. The van der Waals surface area contributed by atoms with Crippen LogP contribution in [0.2, 0.25) is 0 Å². The van der Waals surface area contributed by atoms with Gasteiger partial charge in [-0.1, -0.05) is 33.1 Å². The predicted molar refractivity (Wildman–Crippen MR) is 71.7 cm³/mol. The van der Waals surface area contributed by atoms with Crippen LogP contribution in [0.1, 0.15) is 59.3 Å². The maximum Gasteiger partial charge on any atom is 0.0172 e. The van der Waals surface area contributed by atoms with E-state index in [0.717, 1.165) is 17.0 Å². The van der Waals surface area contributed by atoms with Crippen molar-refractivity contribution >= 4 is 11.8 Å². The summed E-state index contributed by atoms with van der Waals surface area (Å²) in [7, 11) is 0. The number of hydrogen-bond acceptors (Lipinski definition) is 2. The van der Waals surface area contributed by atoms with E-state index < -0.39 is 0 Å². The molecule has 0 aromatic carbocycles. The van der Waals surface area contributed by atoms with Crippen LogP contribution in [0.25, 0.3) is 0 Å². The highest BCUT2D eigenvalue weighted by Crippen LogP contribution is 2.31. The molecule has 0 amide bonds. The van der Waals surface area contributed by atoms with Crippen LogP contribution in [0.5, 0.6) is 0 Å². The standard InChI is InChI=1S/C13H27NS/c1-4-10-14-11(2)12(3)15-13-8-6-5-7-9-13/h11-14H,4-10H2,1-3H3. The van der Waals surface area contributed by atoms with E-state index in [2.05, 4.69) is 37.8 Å². The number of thioether (sulfide) groups is 1. The Bertz CT molecular complexity index is 155. The average Bonchev–Trinajstić information content (AvgIpc) is 2.27. The molecule has 15 heavy (non-hydrogen) atoms. The lowest BCUT2D eigenvalue weighted by atomic mass is 10.0. The first-order valence-electron chi connectivity index (χ1n) is 6.63. The lowest BCUT2D eigenvalue weighted by Crippen LogP contribution is -2.35. The predicted octanol–water partition coefficient (Wildman–Crippen LogP) is 3.83. The molecule has 0 bridgehead atoms. The Morgan fingerprint density at radius 3 is 2.47 bits per heavy atom.